The second-order valence-corrected chi connectivity index (χ2v) is 15.3. The van der Waals surface area contributed by atoms with Crippen LogP contribution >= 0.6 is 11.6 Å². The number of unbranched alkanes of at least 4 members (excludes halogenated alkanes) is 2. The first-order valence-electron chi connectivity index (χ1n) is 21.3. The van der Waals surface area contributed by atoms with Crippen LogP contribution in [0.1, 0.15) is 95.8 Å². The topological polar surface area (TPSA) is 230 Å². The summed E-state index contributed by atoms with van der Waals surface area (Å²) in [6.07, 6.45) is 5.75. The van der Waals surface area contributed by atoms with E-state index in [2.05, 4.69) is 71.7 Å². The number of aliphatic hydroxyl groups is 1. The van der Waals surface area contributed by atoms with E-state index in [1.54, 1.807) is 103 Å². The van der Waals surface area contributed by atoms with Crippen molar-refractivity contribution in [2.24, 2.45) is 0 Å². The van der Waals surface area contributed by atoms with Crippen LogP contribution in [0, 0.1) is 46.3 Å². The number of hydrogen-bond donors (Lipinski definition) is 4. The number of imide groups is 2. The van der Waals surface area contributed by atoms with Gasteiger partial charge in [-0.25, -0.2) is 9.97 Å². The number of benzene rings is 4. The minimum absolute atomic E-state index is 0.0489. The first kappa shape index (κ1) is 47.0. The van der Waals surface area contributed by atoms with Crippen LogP contribution in [0.15, 0.2) is 109 Å². The molecule has 2 aliphatic rings. The Morgan fingerprint density at radius 2 is 1.00 bits per heavy atom. The molecule has 0 saturated heterocycles. The van der Waals surface area contributed by atoms with E-state index >= 15 is 0 Å². The third-order valence-electron chi connectivity index (χ3n) is 10.3. The number of nitrogens with one attached hydrogen (secondary N) is 3. The average molecular weight is 922 g/mol. The van der Waals surface area contributed by atoms with Gasteiger partial charge in [0.15, 0.2) is 0 Å². The highest BCUT2D eigenvalue weighted by atomic mass is 35.5. The summed E-state index contributed by atoms with van der Waals surface area (Å²) in [4.78, 5) is 69.4. The van der Waals surface area contributed by atoms with E-state index in [1.165, 1.54) is 16.0 Å². The number of fused-ring (bicyclic) bond motifs is 2. The minimum Gasteiger partial charge on any atom is -0.396 e. The van der Waals surface area contributed by atoms with Gasteiger partial charge < -0.3 is 21.1 Å². The molecule has 0 radical (unpaired) electrons. The molecule has 8 rings (SSSR count). The SMILES string of the molecule is N#Cc1ccc(Nc2ncc(C#CCCCN3C(=O)c4ccccc4C3=O)c(Cl)n2)cc1.N#Cc1ccc(Nc2ncc(C#CCCCN3C(=O)c4ccccc4C3=O)c(NCCCO)n2)cc1. The molecule has 336 valence electrons. The van der Waals surface area contributed by atoms with Crippen LogP contribution in [-0.2, 0) is 0 Å². The Labute approximate surface area is 396 Å². The predicted molar refractivity (Wildman–Crippen MR) is 254 cm³/mol. The third-order valence-corrected chi connectivity index (χ3v) is 10.6. The van der Waals surface area contributed by atoms with Gasteiger partial charge in [-0.05, 0) is 92.1 Å². The maximum absolute atomic E-state index is 12.5. The number of nitriles is 2. The predicted octanol–water partition coefficient (Wildman–Crippen LogP) is 7.49. The molecule has 0 aliphatic carbocycles. The summed E-state index contributed by atoms with van der Waals surface area (Å²) >= 11 is 6.22. The second kappa shape index (κ2) is 22.8. The van der Waals surface area contributed by atoms with E-state index in [0.29, 0.717) is 114 Å². The highest BCUT2D eigenvalue weighted by molar-refractivity contribution is 6.30. The number of amides is 4. The molecule has 2 aliphatic heterocycles. The van der Waals surface area contributed by atoms with Gasteiger partial charge in [0.1, 0.15) is 11.0 Å². The number of anilines is 5. The monoisotopic (exact) mass is 921 g/mol. The van der Waals surface area contributed by atoms with Crippen molar-refractivity contribution in [1.82, 2.24) is 29.7 Å². The van der Waals surface area contributed by atoms with Crippen LogP contribution < -0.4 is 16.0 Å². The van der Waals surface area contributed by atoms with Crippen LogP contribution in [0.2, 0.25) is 5.15 Å². The lowest BCUT2D eigenvalue weighted by atomic mass is 10.1. The molecule has 0 saturated carbocycles. The zero-order valence-electron chi connectivity index (χ0n) is 36.3. The standard InChI is InChI=1S/C27H24N6O3.C24H16ClN5O2/c28-17-19-10-12-21(13-11-19)31-27-30-18-20(24(32-27)29-14-6-16-34)7-2-1-5-15-33-25(35)22-8-3-4-9-23(22)26(33)36;25-21-17(15-27-24(29-21)28-18-11-9-16(14-26)10-12-18)6-2-1-5-13-30-22(31)19-7-3-4-8-20(19)23(30)32/h3-4,8-13,18,34H,1,5-6,14-16H2,(H2,29,30,31,32);3-4,7-12,15H,1,5,13H2,(H,27,28,29). The van der Waals surface area contributed by atoms with Crippen LogP contribution in [0.3, 0.4) is 0 Å². The van der Waals surface area contributed by atoms with Crippen molar-refractivity contribution in [3.05, 3.63) is 159 Å². The van der Waals surface area contributed by atoms with Crippen molar-refractivity contribution in [3.63, 3.8) is 0 Å². The Balaban J connectivity index is 0.000000203. The first-order chi connectivity index (χ1) is 33.2. The van der Waals surface area contributed by atoms with Gasteiger partial charge in [0.25, 0.3) is 23.6 Å². The number of nitrogens with zero attached hydrogens (tertiary/aromatic N) is 8. The van der Waals surface area contributed by atoms with Gasteiger partial charge in [0, 0.05) is 56.7 Å². The fourth-order valence-electron chi connectivity index (χ4n) is 6.82. The lowest BCUT2D eigenvalue weighted by molar-refractivity contribution is 0.0637. The van der Waals surface area contributed by atoms with E-state index in [-0.39, 0.29) is 35.4 Å². The maximum Gasteiger partial charge on any atom is 0.261 e. The largest absolute Gasteiger partial charge is 0.396 e. The van der Waals surface area contributed by atoms with Gasteiger partial charge >= 0.3 is 0 Å². The van der Waals surface area contributed by atoms with Crippen molar-refractivity contribution in [3.8, 4) is 35.8 Å². The molecule has 4 amide bonds. The van der Waals surface area contributed by atoms with Crippen molar-refractivity contribution >= 4 is 64.3 Å². The molecular formula is C51H40ClN11O5. The Kier molecular flexibility index (Phi) is 15.8. The van der Waals surface area contributed by atoms with E-state index in [0.717, 1.165) is 11.4 Å². The maximum atomic E-state index is 12.5. The molecule has 0 spiro atoms. The number of hydrogen-bond acceptors (Lipinski definition) is 14. The number of halogens is 1. The smallest absolute Gasteiger partial charge is 0.261 e. The molecule has 2 aromatic heterocycles. The van der Waals surface area contributed by atoms with Crippen LogP contribution in [-0.4, -0.2) is 84.7 Å². The van der Waals surface area contributed by atoms with Gasteiger partial charge in [-0.15, -0.1) is 0 Å². The zero-order valence-corrected chi connectivity index (χ0v) is 37.0. The number of aliphatic hydroxyl groups excluding tert-OH is 1. The summed E-state index contributed by atoms with van der Waals surface area (Å²) in [5.74, 6) is 12.2. The molecular weight excluding hydrogens is 882 g/mol. The molecule has 68 heavy (non-hydrogen) atoms. The molecule has 16 nitrogen and oxygen atoms in total. The first-order valence-corrected chi connectivity index (χ1v) is 21.7. The van der Waals surface area contributed by atoms with Crippen molar-refractivity contribution in [1.29, 1.82) is 10.5 Å². The summed E-state index contributed by atoms with van der Waals surface area (Å²) in [5, 5.41) is 36.4. The van der Waals surface area contributed by atoms with Gasteiger partial charge in [-0.1, -0.05) is 59.5 Å². The Morgan fingerprint density at radius 1 is 0.574 bits per heavy atom. The van der Waals surface area contributed by atoms with Gasteiger partial charge in [-0.3, -0.25) is 29.0 Å². The summed E-state index contributed by atoms with van der Waals surface area (Å²) in [7, 11) is 0. The highest BCUT2D eigenvalue weighted by Crippen LogP contribution is 2.25. The van der Waals surface area contributed by atoms with E-state index in [4.69, 9.17) is 27.2 Å². The summed E-state index contributed by atoms with van der Waals surface area (Å²) < 4.78 is 0. The van der Waals surface area contributed by atoms with Gasteiger partial charge in [0.2, 0.25) is 11.9 Å². The number of carbonyl (C=O) groups excluding carboxylic acids is 4. The van der Waals surface area contributed by atoms with E-state index < -0.39 is 0 Å². The third kappa shape index (κ3) is 11.7. The van der Waals surface area contributed by atoms with Crippen molar-refractivity contribution < 1.29 is 24.3 Å². The van der Waals surface area contributed by atoms with Crippen LogP contribution in [0.5, 0.6) is 0 Å². The summed E-state index contributed by atoms with van der Waals surface area (Å²) in [5.41, 5.74) is 5.44. The molecule has 4 heterocycles. The second-order valence-electron chi connectivity index (χ2n) is 14.9. The summed E-state index contributed by atoms with van der Waals surface area (Å²) in [6, 6.07) is 31.6. The Bertz CT molecular complexity index is 3020. The molecule has 0 fully saturated rings. The van der Waals surface area contributed by atoms with Gasteiger partial charge in [-0.2, -0.15) is 20.5 Å². The van der Waals surface area contributed by atoms with E-state index in [9.17, 15) is 19.2 Å². The quantitative estimate of drug-likeness (QED) is 0.0359. The van der Waals surface area contributed by atoms with Gasteiger partial charge in [0.05, 0.1) is 62.8 Å². The zero-order chi connectivity index (χ0) is 47.8. The number of aromatic nitrogens is 4. The fourth-order valence-corrected chi connectivity index (χ4v) is 7.00. The molecule has 0 atom stereocenters. The molecule has 6 aromatic rings. The van der Waals surface area contributed by atoms with E-state index in [1.807, 2.05) is 0 Å². The molecule has 17 heteroatoms. The Hall–Kier alpha value is -8.93. The Morgan fingerprint density at radius 3 is 1.43 bits per heavy atom. The molecule has 0 unspecified atom stereocenters. The number of rotatable bonds is 14. The molecule has 4 aromatic carbocycles. The normalized spacial score (nSPS) is 12.0. The van der Waals surface area contributed by atoms with Crippen LogP contribution in [0.25, 0.3) is 0 Å². The number of carbonyl (C=O) groups is 4. The van der Waals surface area contributed by atoms with Crippen LogP contribution in [0.4, 0.5) is 29.1 Å². The highest BCUT2D eigenvalue weighted by Gasteiger charge is 2.35. The lowest BCUT2D eigenvalue weighted by Gasteiger charge is -2.12. The summed E-state index contributed by atoms with van der Waals surface area (Å²) in [6.45, 7) is 1.16. The lowest BCUT2D eigenvalue weighted by Crippen LogP contribution is -2.30. The molecule has 0 bridgehead atoms. The minimum atomic E-state index is -0.266. The van der Waals surface area contributed by atoms with Crippen molar-refractivity contribution in [2.75, 3.05) is 42.2 Å². The molecule has 4 N–H and O–H groups in total. The fraction of sp³-hybridized carbons (Fsp3) is 0.176. The average Bonchev–Trinajstić information content (AvgIpc) is 3.75. The van der Waals surface area contributed by atoms with Crippen molar-refractivity contribution in [2.45, 2.75) is 32.1 Å².